The minimum Gasteiger partial charge on any atom is -0.443 e. The number of nitrogens with two attached hydrogens (primary N) is 1. The zero-order valence-electron chi connectivity index (χ0n) is 12.3. The first-order chi connectivity index (χ1) is 9.88. The Morgan fingerprint density at radius 1 is 1.38 bits per heavy atom. The molecule has 0 aromatic heterocycles. The second-order valence-electron chi connectivity index (χ2n) is 4.78. The molecule has 0 saturated heterocycles. The number of nitrogens with zero attached hydrogens (tertiary/aromatic N) is 1. The molecule has 0 atom stereocenters. The van der Waals surface area contributed by atoms with Crippen molar-refractivity contribution in [2.75, 3.05) is 6.61 Å². The summed E-state index contributed by atoms with van der Waals surface area (Å²) in [4.78, 5) is 11.5. The van der Waals surface area contributed by atoms with E-state index < -0.39 is 6.09 Å². The van der Waals surface area contributed by atoms with E-state index >= 15 is 0 Å². The van der Waals surface area contributed by atoms with Crippen LogP contribution in [0, 0.1) is 6.92 Å². The van der Waals surface area contributed by atoms with Crippen molar-refractivity contribution >= 4 is 29.1 Å². The maximum absolute atomic E-state index is 11.5. The van der Waals surface area contributed by atoms with Gasteiger partial charge in [0.25, 0.3) is 0 Å². The Kier molecular flexibility index (Phi) is 6.61. The van der Waals surface area contributed by atoms with Gasteiger partial charge in [-0.05, 0) is 33.0 Å². The summed E-state index contributed by atoms with van der Waals surface area (Å²) in [5.74, 6) is 0. The predicted molar refractivity (Wildman–Crippen MR) is 87.3 cm³/mol. The fourth-order valence-electron chi connectivity index (χ4n) is 1.46. The van der Waals surface area contributed by atoms with Crippen LogP contribution in [0.5, 0.6) is 0 Å². The highest BCUT2D eigenvalue weighted by Gasteiger charge is 2.09. The van der Waals surface area contributed by atoms with E-state index in [1.54, 1.807) is 0 Å². The number of hydrogen-bond donors (Lipinski definition) is 3. The Labute approximate surface area is 129 Å². The second-order valence-corrected chi connectivity index (χ2v) is 5.22. The summed E-state index contributed by atoms with van der Waals surface area (Å²) in [5, 5.41) is 6.75. The molecule has 0 aliphatic carbocycles. The molecule has 0 aliphatic heterocycles. The molecule has 0 fully saturated rings. The van der Waals surface area contributed by atoms with Gasteiger partial charge in [0.05, 0.1) is 0 Å². The van der Waals surface area contributed by atoms with Crippen LogP contribution in [0.3, 0.4) is 0 Å². The van der Waals surface area contributed by atoms with Gasteiger partial charge >= 0.3 is 6.09 Å². The van der Waals surface area contributed by atoms with Gasteiger partial charge in [-0.2, -0.15) is 5.10 Å². The highest BCUT2D eigenvalue weighted by molar-refractivity contribution is 7.80. The van der Waals surface area contributed by atoms with Crippen molar-refractivity contribution in [2.45, 2.75) is 26.8 Å². The highest BCUT2D eigenvalue weighted by atomic mass is 32.1. The van der Waals surface area contributed by atoms with Crippen LogP contribution < -0.4 is 16.5 Å². The van der Waals surface area contributed by atoms with Gasteiger partial charge in [0.1, 0.15) is 12.3 Å². The van der Waals surface area contributed by atoms with Gasteiger partial charge < -0.3 is 15.8 Å². The number of carbonyl (C=O) groups excluding carboxylic acids is 1. The van der Waals surface area contributed by atoms with Gasteiger partial charge in [-0.3, -0.25) is 5.43 Å². The minimum absolute atomic E-state index is 0.00649. The van der Waals surface area contributed by atoms with Crippen LogP contribution in [0.1, 0.15) is 25.0 Å². The molecule has 0 radical (unpaired) electrons. The molecule has 6 nitrogen and oxygen atoms in total. The SMILES string of the molecule is Cc1ccc(C(COC(=O)NC(C)C)=NNC(N)=S)cc1. The topological polar surface area (TPSA) is 88.7 Å². The van der Waals surface area contributed by atoms with Gasteiger partial charge in [0.15, 0.2) is 5.11 Å². The van der Waals surface area contributed by atoms with Crippen LogP contribution in [0.15, 0.2) is 29.4 Å². The lowest BCUT2D eigenvalue weighted by molar-refractivity contribution is 0.159. The molecule has 0 saturated carbocycles. The quantitative estimate of drug-likeness (QED) is 0.437. The van der Waals surface area contributed by atoms with Crippen LogP contribution in [0.4, 0.5) is 4.79 Å². The molecular weight excluding hydrogens is 288 g/mol. The average Bonchev–Trinajstić information content (AvgIpc) is 2.39. The standard InChI is InChI=1S/C14H20N4O2S/c1-9(2)16-14(19)20-8-12(17-18-13(15)21)11-6-4-10(3)5-7-11/h4-7,9H,8H2,1-3H3,(H,16,19)(H3,15,18,21). The van der Waals surface area contributed by atoms with Crippen molar-refractivity contribution in [3.05, 3.63) is 35.4 Å². The fraction of sp³-hybridized carbons (Fsp3) is 0.357. The van der Waals surface area contributed by atoms with Gasteiger partial charge in [-0.25, -0.2) is 4.79 Å². The van der Waals surface area contributed by atoms with Crippen LogP contribution in [0.25, 0.3) is 0 Å². The lowest BCUT2D eigenvalue weighted by atomic mass is 10.1. The molecule has 114 valence electrons. The van der Waals surface area contributed by atoms with Crippen LogP contribution >= 0.6 is 12.2 Å². The number of amides is 1. The Hall–Kier alpha value is -2.15. The maximum Gasteiger partial charge on any atom is 0.407 e. The van der Waals surface area contributed by atoms with E-state index in [-0.39, 0.29) is 17.8 Å². The summed E-state index contributed by atoms with van der Waals surface area (Å²) in [6.45, 7) is 5.70. The largest absolute Gasteiger partial charge is 0.443 e. The lowest BCUT2D eigenvalue weighted by Gasteiger charge is -2.11. The first-order valence-corrected chi connectivity index (χ1v) is 6.91. The van der Waals surface area contributed by atoms with E-state index in [1.807, 2.05) is 45.0 Å². The smallest absolute Gasteiger partial charge is 0.407 e. The number of aryl methyl sites for hydroxylation is 1. The number of hydrazone groups is 1. The number of hydrogen-bond acceptors (Lipinski definition) is 4. The molecule has 1 rings (SSSR count). The number of carbonyl (C=O) groups is 1. The number of rotatable bonds is 5. The molecule has 0 bridgehead atoms. The molecule has 0 heterocycles. The van der Waals surface area contributed by atoms with Crippen molar-refractivity contribution in [3.63, 3.8) is 0 Å². The van der Waals surface area contributed by atoms with E-state index in [4.69, 9.17) is 22.7 Å². The molecule has 0 spiro atoms. The number of alkyl carbamates (subject to hydrolysis) is 1. The molecule has 0 aliphatic rings. The third kappa shape index (κ3) is 6.71. The first-order valence-electron chi connectivity index (χ1n) is 6.51. The summed E-state index contributed by atoms with van der Waals surface area (Å²) in [6, 6.07) is 7.67. The first kappa shape index (κ1) is 16.9. The molecule has 1 aromatic carbocycles. The monoisotopic (exact) mass is 308 g/mol. The molecule has 1 aromatic rings. The Morgan fingerprint density at radius 2 is 2.00 bits per heavy atom. The third-order valence-corrected chi connectivity index (χ3v) is 2.52. The van der Waals surface area contributed by atoms with Crippen molar-refractivity contribution in [3.8, 4) is 0 Å². The molecular formula is C14H20N4O2S. The van der Waals surface area contributed by atoms with E-state index in [0.29, 0.717) is 5.71 Å². The summed E-state index contributed by atoms with van der Waals surface area (Å²) in [6.07, 6.45) is -0.500. The van der Waals surface area contributed by atoms with Gasteiger partial charge in [0.2, 0.25) is 0 Å². The van der Waals surface area contributed by atoms with E-state index in [2.05, 4.69) is 15.8 Å². The predicted octanol–water partition coefficient (Wildman–Crippen LogP) is 1.67. The Bertz CT molecular complexity index is 526. The van der Waals surface area contributed by atoms with E-state index in [9.17, 15) is 4.79 Å². The number of ether oxygens (including phenoxy) is 1. The zero-order chi connectivity index (χ0) is 15.8. The molecule has 1 amide bonds. The van der Waals surface area contributed by atoms with Gasteiger partial charge in [0, 0.05) is 11.6 Å². The zero-order valence-corrected chi connectivity index (χ0v) is 13.2. The number of nitrogens with one attached hydrogen (secondary N) is 2. The number of thiocarbonyl (C=S) groups is 1. The number of benzene rings is 1. The van der Waals surface area contributed by atoms with E-state index in [0.717, 1.165) is 11.1 Å². The molecule has 0 unspecified atom stereocenters. The summed E-state index contributed by atoms with van der Waals surface area (Å²) in [5.41, 5.74) is 10.3. The summed E-state index contributed by atoms with van der Waals surface area (Å²) in [7, 11) is 0. The Balaban J connectivity index is 2.78. The fourth-order valence-corrected chi connectivity index (χ4v) is 1.51. The minimum atomic E-state index is -0.500. The molecule has 21 heavy (non-hydrogen) atoms. The van der Waals surface area contributed by atoms with Crippen molar-refractivity contribution in [2.24, 2.45) is 10.8 Å². The summed E-state index contributed by atoms with van der Waals surface area (Å²) >= 11 is 4.72. The van der Waals surface area contributed by atoms with E-state index in [1.165, 1.54) is 0 Å². The molecule has 7 heteroatoms. The van der Waals surface area contributed by atoms with Gasteiger partial charge in [-0.15, -0.1) is 0 Å². The second kappa shape index (κ2) is 8.21. The third-order valence-electron chi connectivity index (χ3n) is 2.43. The van der Waals surface area contributed by atoms with Gasteiger partial charge in [-0.1, -0.05) is 29.8 Å². The Morgan fingerprint density at radius 3 is 2.52 bits per heavy atom. The van der Waals surface area contributed by atoms with Crippen LogP contribution in [-0.2, 0) is 4.74 Å². The maximum atomic E-state index is 11.5. The van der Waals surface area contributed by atoms with Crippen LogP contribution in [0.2, 0.25) is 0 Å². The normalized spacial score (nSPS) is 11.1. The lowest BCUT2D eigenvalue weighted by Crippen LogP contribution is -2.33. The van der Waals surface area contributed by atoms with Crippen molar-refractivity contribution < 1.29 is 9.53 Å². The van der Waals surface area contributed by atoms with Crippen LogP contribution in [-0.4, -0.2) is 29.6 Å². The summed E-state index contributed by atoms with van der Waals surface area (Å²) < 4.78 is 5.13. The van der Waals surface area contributed by atoms with Crippen molar-refractivity contribution in [1.29, 1.82) is 0 Å². The molecule has 4 N–H and O–H groups in total. The van der Waals surface area contributed by atoms with Crippen molar-refractivity contribution in [1.82, 2.24) is 10.7 Å². The highest BCUT2D eigenvalue weighted by Crippen LogP contribution is 2.05. The average molecular weight is 308 g/mol.